The fourth-order valence-electron chi connectivity index (χ4n) is 2.13. The van der Waals surface area contributed by atoms with Crippen LogP contribution in [0.2, 0.25) is 0 Å². The van der Waals surface area contributed by atoms with Gasteiger partial charge in [0.15, 0.2) is 0 Å². The van der Waals surface area contributed by atoms with Crippen LogP contribution in [0, 0.1) is 0 Å². The Balaban J connectivity index is 2.01. The number of hydrogen-bond acceptors (Lipinski definition) is 2. The zero-order chi connectivity index (χ0) is 9.42. The lowest BCUT2D eigenvalue weighted by atomic mass is 10.2. The molecule has 1 atom stereocenters. The summed E-state index contributed by atoms with van der Waals surface area (Å²) >= 11 is 0. The lowest BCUT2D eigenvalue weighted by Gasteiger charge is -2.19. The minimum atomic E-state index is -0.806. The van der Waals surface area contributed by atoms with Gasteiger partial charge in [-0.05, 0) is 31.8 Å². The molecule has 1 aliphatic heterocycles. The predicted molar refractivity (Wildman–Crippen MR) is 49.5 cm³/mol. The first-order valence-corrected chi connectivity index (χ1v) is 4.85. The highest BCUT2D eigenvalue weighted by Crippen LogP contribution is 2.34. The van der Waals surface area contributed by atoms with Crippen molar-refractivity contribution in [1.29, 1.82) is 0 Å². The van der Waals surface area contributed by atoms with Crippen molar-refractivity contribution in [2.45, 2.75) is 38.3 Å². The SMILES string of the molecule is CC1CC(=CC(=O)O)CN1C1CC1. The summed E-state index contributed by atoms with van der Waals surface area (Å²) in [5.41, 5.74) is 1.08. The third-order valence-electron chi connectivity index (χ3n) is 2.85. The summed E-state index contributed by atoms with van der Waals surface area (Å²) in [5.74, 6) is -0.806. The molecule has 1 heterocycles. The molecule has 0 aromatic carbocycles. The molecule has 0 bridgehead atoms. The maximum atomic E-state index is 10.5. The van der Waals surface area contributed by atoms with Crippen molar-refractivity contribution in [2.24, 2.45) is 0 Å². The summed E-state index contributed by atoms with van der Waals surface area (Å²) in [7, 11) is 0. The molecule has 1 saturated heterocycles. The average Bonchev–Trinajstić information content (AvgIpc) is 2.77. The van der Waals surface area contributed by atoms with Gasteiger partial charge in [-0.15, -0.1) is 0 Å². The van der Waals surface area contributed by atoms with Crippen LogP contribution >= 0.6 is 0 Å². The molecule has 0 aromatic heterocycles. The van der Waals surface area contributed by atoms with Crippen LogP contribution in [0.3, 0.4) is 0 Å². The standard InChI is InChI=1S/C10H15NO2/c1-7-4-8(5-10(12)13)6-11(7)9-2-3-9/h5,7,9H,2-4,6H2,1H3,(H,12,13). The van der Waals surface area contributed by atoms with Crippen LogP contribution in [-0.4, -0.2) is 34.6 Å². The van der Waals surface area contributed by atoms with E-state index < -0.39 is 5.97 Å². The summed E-state index contributed by atoms with van der Waals surface area (Å²) in [6.45, 7) is 3.05. The number of nitrogens with zero attached hydrogens (tertiary/aromatic N) is 1. The largest absolute Gasteiger partial charge is 0.478 e. The maximum absolute atomic E-state index is 10.5. The number of hydrogen-bond donors (Lipinski definition) is 1. The van der Waals surface area contributed by atoms with Crippen LogP contribution in [0.1, 0.15) is 26.2 Å². The summed E-state index contributed by atoms with van der Waals surface area (Å²) < 4.78 is 0. The van der Waals surface area contributed by atoms with Gasteiger partial charge in [0.05, 0.1) is 0 Å². The minimum Gasteiger partial charge on any atom is -0.478 e. The lowest BCUT2D eigenvalue weighted by Crippen LogP contribution is -2.28. The van der Waals surface area contributed by atoms with E-state index >= 15 is 0 Å². The molecule has 0 amide bonds. The van der Waals surface area contributed by atoms with E-state index in [9.17, 15) is 4.79 Å². The second kappa shape index (κ2) is 3.14. The highest BCUT2D eigenvalue weighted by atomic mass is 16.4. The van der Waals surface area contributed by atoms with Crippen LogP contribution in [0.5, 0.6) is 0 Å². The van der Waals surface area contributed by atoms with Crippen molar-refractivity contribution in [3.05, 3.63) is 11.6 Å². The van der Waals surface area contributed by atoms with Crippen molar-refractivity contribution in [1.82, 2.24) is 4.90 Å². The Labute approximate surface area is 78.0 Å². The van der Waals surface area contributed by atoms with Crippen LogP contribution in [0.25, 0.3) is 0 Å². The monoisotopic (exact) mass is 181 g/mol. The Morgan fingerprint density at radius 1 is 1.62 bits per heavy atom. The van der Waals surface area contributed by atoms with Crippen LogP contribution in [0.4, 0.5) is 0 Å². The van der Waals surface area contributed by atoms with Crippen molar-refractivity contribution >= 4 is 5.97 Å². The van der Waals surface area contributed by atoms with Crippen LogP contribution in [0.15, 0.2) is 11.6 Å². The number of rotatable bonds is 2. The fourth-order valence-corrected chi connectivity index (χ4v) is 2.13. The summed E-state index contributed by atoms with van der Waals surface area (Å²) in [4.78, 5) is 12.9. The molecule has 3 nitrogen and oxygen atoms in total. The van der Waals surface area contributed by atoms with Gasteiger partial charge in [0.25, 0.3) is 0 Å². The van der Waals surface area contributed by atoms with Crippen molar-refractivity contribution in [3.63, 3.8) is 0 Å². The van der Waals surface area contributed by atoms with Crippen molar-refractivity contribution in [2.75, 3.05) is 6.54 Å². The molecule has 0 radical (unpaired) electrons. The van der Waals surface area contributed by atoms with E-state index in [-0.39, 0.29) is 0 Å². The molecule has 1 unspecified atom stereocenters. The third kappa shape index (κ3) is 1.91. The summed E-state index contributed by atoms with van der Waals surface area (Å²) in [5, 5.41) is 8.61. The molecule has 2 rings (SSSR count). The molecule has 2 aliphatic rings. The quantitative estimate of drug-likeness (QED) is 0.652. The highest BCUT2D eigenvalue weighted by Gasteiger charge is 2.36. The van der Waals surface area contributed by atoms with Gasteiger partial charge in [0, 0.05) is 24.7 Å². The number of likely N-dealkylation sites (tertiary alicyclic amines) is 1. The Hall–Kier alpha value is -0.830. The van der Waals surface area contributed by atoms with Gasteiger partial charge < -0.3 is 5.11 Å². The molecule has 0 aromatic rings. The first-order chi connectivity index (χ1) is 6.16. The molecule has 2 fully saturated rings. The second-order valence-corrected chi connectivity index (χ2v) is 4.10. The molecule has 3 heteroatoms. The zero-order valence-corrected chi connectivity index (χ0v) is 7.86. The average molecular weight is 181 g/mol. The van der Waals surface area contributed by atoms with Gasteiger partial charge in [0.1, 0.15) is 0 Å². The van der Waals surface area contributed by atoms with Gasteiger partial charge in [-0.2, -0.15) is 0 Å². The molecule has 1 saturated carbocycles. The molecular formula is C10H15NO2. The molecule has 0 spiro atoms. The number of carboxylic acid groups (broad SMARTS) is 1. The number of aliphatic carboxylic acids is 1. The Kier molecular flexibility index (Phi) is 2.12. The number of carboxylic acids is 1. The first-order valence-electron chi connectivity index (χ1n) is 4.85. The summed E-state index contributed by atoms with van der Waals surface area (Å²) in [6, 6.07) is 1.28. The Morgan fingerprint density at radius 2 is 2.31 bits per heavy atom. The van der Waals surface area contributed by atoms with E-state index in [1.54, 1.807) is 0 Å². The lowest BCUT2D eigenvalue weighted by molar-refractivity contribution is -0.131. The molecule has 72 valence electrons. The minimum absolute atomic E-state index is 0.540. The van der Waals surface area contributed by atoms with E-state index in [0.29, 0.717) is 6.04 Å². The third-order valence-corrected chi connectivity index (χ3v) is 2.85. The van der Waals surface area contributed by atoms with Crippen molar-refractivity contribution in [3.8, 4) is 0 Å². The topological polar surface area (TPSA) is 40.5 Å². The smallest absolute Gasteiger partial charge is 0.328 e. The second-order valence-electron chi connectivity index (χ2n) is 4.10. The van der Waals surface area contributed by atoms with Gasteiger partial charge in [-0.1, -0.05) is 0 Å². The van der Waals surface area contributed by atoms with Gasteiger partial charge in [0.2, 0.25) is 0 Å². The van der Waals surface area contributed by atoms with Gasteiger partial charge in [-0.3, -0.25) is 4.90 Å². The molecule has 1 N–H and O–H groups in total. The van der Waals surface area contributed by atoms with Crippen molar-refractivity contribution < 1.29 is 9.90 Å². The van der Waals surface area contributed by atoms with E-state index in [4.69, 9.17) is 5.11 Å². The fraction of sp³-hybridized carbons (Fsp3) is 0.700. The van der Waals surface area contributed by atoms with Gasteiger partial charge in [-0.25, -0.2) is 4.79 Å². The maximum Gasteiger partial charge on any atom is 0.328 e. The van der Waals surface area contributed by atoms with Crippen LogP contribution < -0.4 is 0 Å². The molecule has 13 heavy (non-hydrogen) atoms. The Bertz CT molecular complexity index is 256. The predicted octanol–water partition coefficient (Wildman–Crippen LogP) is 1.25. The number of carbonyl (C=O) groups is 1. The molecule has 1 aliphatic carbocycles. The first kappa shape index (κ1) is 8.75. The van der Waals surface area contributed by atoms with Crippen LogP contribution in [-0.2, 0) is 4.79 Å². The molecular weight excluding hydrogens is 166 g/mol. The zero-order valence-electron chi connectivity index (χ0n) is 7.86. The van der Waals surface area contributed by atoms with E-state index in [0.717, 1.165) is 24.6 Å². The summed E-state index contributed by atoms with van der Waals surface area (Å²) in [6.07, 6.45) is 4.90. The van der Waals surface area contributed by atoms with E-state index in [2.05, 4.69) is 11.8 Å². The van der Waals surface area contributed by atoms with E-state index in [1.807, 2.05) is 0 Å². The highest BCUT2D eigenvalue weighted by molar-refractivity contribution is 5.80. The van der Waals surface area contributed by atoms with Gasteiger partial charge >= 0.3 is 5.97 Å². The Morgan fingerprint density at radius 3 is 2.85 bits per heavy atom. The normalized spacial score (nSPS) is 32.7. The van der Waals surface area contributed by atoms with E-state index in [1.165, 1.54) is 18.9 Å².